The van der Waals surface area contributed by atoms with Gasteiger partial charge >= 0.3 is 0 Å². The maximum Gasteiger partial charge on any atom is 0.247 e. The van der Waals surface area contributed by atoms with E-state index in [1.54, 1.807) is 0 Å². The summed E-state index contributed by atoms with van der Waals surface area (Å²) in [7, 11) is 0. The van der Waals surface area contributed by atoms with Gasteiger partial charge in [-0.2, -0.15) is 9.97 Å². The Morgan fingerprint density at radius 3 is 2.67 bits per heavy atom. The van der Waals surface area contributed by atoms with E-state index in [1.807, 2.05) is 36.7 Å². The second-order valence-electron chi connectivity index (χ2n) is 6.84. The van der Waals surface area contributed by atoms with Crippen molar-refractivity contribution in [2.45, 2.75) is 12.6 Å². The van der Waals surface area contributed by atoms with E-state index in [4.69, 9.17) is 19.4 Å². The van der Waals surface area contributed by atoms with Crippen LogP contribution >= 0.6 is 0 Å². The molecule has 0 atom stereocenters. The lowest BCUT2D eigenvalue weighted by Gasteiger charge is -2.29. The van der Waals surface area contributed by atoms with Crippen LogP contribution in [-0.4, -0.2) is 58.9 Å². The van der Waals surface area contributed by atoms with Crippen LogP contribution in [0.15, 0.2) is 36.7 Å². The lowest BCUT2D eigenvalue weighted by atomic mass is 10.2. The largest absolute Gasteiger partial charge is 0.471 e. The average Bonchev–Trinajstić information content (AvgIpc) is 3.10. The fourth-order valence-corrected chi connectivity index (χ4v) is 3.35. The predicted molar refractivity (Wildman–Crippen MR) is 101 cm³/mol. The summed E-state index contributed by atoms with van der Waals surface area (Å²) in [5, 5.41) is 3.30. The van der Waals surface area contributed by atoms with E-state index in [-0.39, 0.29) is 0 Å². The highest BCUT2D eigenvalue weighted by Gasteiger charge is 2.25. The number of nitrogens with zero attached hydrogens (tertiary/aromatic N) is 5. The molecule has 2 aliphatic heterocycles. The molecule has 1 N–H and O–H groups in total. The van der Waals surface area contributed by atoms with Crippen molar-refractivity contribution in [1.29, 1.82) is 0 Å². The first kappa shape index (κ1) is 16.5. The Morgan fingerprint density at radius 2 is 1.93 bits per heavy atom. The van der Waals surface area contributed by atoms with Crippen LogP contribution in [-0.2, 0) is 11.3 Å². The molecule has 0 spiro atoms. The van der Waals surface area contributed by atoms with Gasteiger partial charge in [0.05, 0.1) is 25.6 Å². The summed E-state index contributed by atoms with van der Waals surface area (Å²) in [5.74, 6) is 1.22. The molecule has 2 fully saturated rings. The van der Waals surface area contributed by atoms with Crippen molar-refractivity contribution in [3.63, 3.8) is 0 Å². The zero-order valence-corrected chi connectivity index (χ0v) is 15.0. The molecule has 2 saturated heterocycles. The van der Waals surface area contributed by atoms with E-state index < -0.39 is 0 Å². The van der Waals surface area contributed by atoms with Crippen molar-refractivity contribution < 1.29 is 9.47 Å². The molecular weight excluding hydrogens is 344 g/mol. The second-order valence-corrected chi connectivity index (χ2v) is 6.84. The van der Waals surface area contributed by atoms with Gasteiger partial charge in [0.2, 0.25) is 11.8 Å². The number of hydrogen-bond acceptors (Lipinski definition) is 7. The maximum atomic E-state index is 6.08. The number of rotatable bonds is 5. The van der Waals surface area contributed by atoms with Crippen molar-refractivity contribution in [2.75, 3.05) is 44.3 Å². The Morgan fingerprint density at radius 1 is 1.11 bits per heavy atom. The normalized spacial score (nSPS) is 17.9. The molecule has 140 valence electrons. The van der Waals surface area contributed by atoms with Crippen LogP contribution in [0, 0.1) is 0 Å². The Balaban J connectivity index is 1.51. The minimum Gasteiger partial charge on any atom is -0.471 e. The molecule has 5 rings (SSSR count). The molecule has 3 aromatic rings. The maximum absolute atomic E-state index is 6.08. The molecule has 2 aromatic heterocycles. The molecule has 27 heavy (non-hydrogen) atoms. The quantitative estimate of drug-likeness (QED) is 0.731. The third-order valence-corrected chi connectivity index (χ3v) is 5.04. The van der Waals surface area contributed by atoms with Gasteiger partial charge in [-0.25, -0.2) is 4.98 Å². The third kappa shape index (κ3) is 3.22. The highest BCUT2D eigenvalue weighted by Crippen LogP contribution is 2.28. The van der Waals surface area contributed by atoms with E-state index >= 15 is 0 Å². The molecule has 8 nitrogen and oxygen atoms in total. The van der Waals surface area contributed by atoms with Gasteiger partial charge in [0.25, 0.3) is 0 Å². The minimum absolute atomic E-state index is 0.379. The molecule has 0 aliphatic carbocycles. The van der Waals surface area contributed by atoms with Gasteiger partial charge < -0.3 is 24.3 Å². The molecule has 0 unspecified atom stereocenters. The molecular formula is C19H22N6O2. The molecule has 1 aromatic carbocycles. The molecule has 8 heteroatoms. The van der Waals surface area contributed by atoms with Gasteiger partial charge in [-0.3, -0.25) is 0 Å². The number of anilines is 1. The molecule has 4 heterocycles. The zero-order valence-electron chi connectivity index (χ0n) is 15.0. The summed E-state index contributed by atoms with van der Waals surface area (Å²) in [6, 6.07) is 10.5. The third-order valence-electron chi connectivity index (χ3n) is 5.04. The summed E-state index contributed by atoms with van der Waals surface area (Å²) in [6.07, 6.45) is 1.85. The van der Waals surface area contributed by atoms with Crippen molar-refractivity contribution in [3.05, 3.63) is 42.2 Å². The molecule has 2 aliphatic rings. The van der Waals surface area contributed by atoms with Crippen LogP contribution in [0.1, 0.15) is 11.6 Å². The summed E-state index contributed by atoms with van der Waals surface area (Å²) >= 11 is 0. The van der Waals surface area contributed by atoms with Crippen LogP contribution in [0.3, 0.4) is 0 Å². The molecule has 0 bridgehead atoms. The summed E-state index contributed by atoms with van der Waals surface area (Å²) in [6.45, 7) is 5.25. The first-order chi connectivity index (χ1) is 13.4. The van der Waals surface area contributed by atoms with Gasteiger partial charge in [-0.1, -0.05) is 30.3 Å². The predicted octanol–water partition coefficient (Wildman–Crippen LogP) is 1.39. The van der Waals surface area contributed by atoms with Crippen molar-refractivity contribution in [2.24, 2.45) is 0 Å². The number of benzene rings is 1. The lowest BCUT2D eigenvalue weighted by Crippen LogP contribution is -2.43. The smallest absolute Gasteiger partial charge is 0.247 e. The Bertz CT molecular complexity index is 919. The van der Waals surface area contributed by atoms with E-state index in [0.717, 1.165) is 42.9 Å². The topological polar surface area (TPSA) is 77.3 Å². The number of nitrogens with one attached hydrogen (secondary N) is 1. The fourth-order valence-electron chi connectivity index (χ4n) is 3.35. The first-order valence-corrected chi connectivity index (χ1v) is 9.33. The number of morpholine rings is 1. The first-order valence-electron chi connectivity index (χ1n) is 9.33. The average molecular weight is 366 g/mol. The summed E-state index contributed by atoms with van der Waals surface area (Å²) in [4.78, 5) is 16.2. The van der Waals surface area contributed by atoms with Crippen molar-refractivity contribution >= 4 is 17.1 Å². The highest BCUT2D eigenvalue weighted by molar-refractivity contribution is 5.78. The molecule has 0 saturated carbocycles. The van der Waals surface area contributed by atoms with Crippen LogP contribution < -0.4 is 15.0 Å². The Hall–Kier alpha value is -2.71. The van der Waals surface area contributed by atoms with Gasteiger partial charge in [-0.15, -0.1) is 0 Å². The summed E-state index contributed by atoms with van der Waals surface area (Å²) in [5.41, 5.74) is 2.65. The van der Waals surface area contributed by atoms with Crippen LogP contribution in [0.2, 0.25) is 0 Å². The van der Waals surface area contributed by atoms with Gasteiger partial charge in [-0.05, 0) is 5.56 Å². The number of fused-ring (bicyclic) bond motifs is 1. The summed E-state index contributed by atoms with van der Waals surface area (Å²) < 4.78 is 13.7. The number of hydrogen-bond donors (Lipinski definition) is 1. The monoisotopic (exact) mass is 366 g/mol. The van der Waals surface area contributed by atoms with Gasteiger partial charge in [0, 0.05) is 26.2 Å². The standard InChI is InChI=1S/C19H22N6O2/c1-2-4-14(5-3-1)12-27-18-16-17(25(13-21-16)15-10-20-11-15)22-19(23-18)24-6-8-26-9-7-24/h1-5,13,15,20H,6-12H2. The SMILES string of the molecule is c1ccc(COc2nc(N3CCOCC3)nc3c2ncn3C2CNC2)cc1. The Labute approximate surface area is 157 Å². The van der Waals surface area contributed by atoms with Crippen LogP contribution in [0.5, 0.6) is 5.88 Å². The van der Waals surface area contributed by atoms with Gasteiger partial charge in [0.15, 0.2) is 11.2 Å². The highest BCUT2D eigenvalue weighted by atomic mass is 16.5. The van der Waals surface area contributed by atoms with E-state index in [1.165, 1.54) is 0 Å². The van der Waals surface area contributed by atoms with E-state index in [2.05, 4.69) is 19.8 Å². The Kier molecular flexibility index (Phi) is 4.35. The zero-order chi connectivity index (χ0) is 18.1. The van der Waals surface area contributed by atoms with Crippen molar-refractivity contribution in [1.82, 2.24) is 24.8 Å². The lowest BCUT2D eigenvalue weighted by molar-refractivity contribution is 0.122. The molecule has 0 radical (unpaired) electrons. The van der Waals surface area contributed by atoms with E-state index in [9.17, 15) is 0 Å². The number of ether oxygens (including phenoxy) is 2. The number of imidazole rings is 1. The van der Waals surface area contributed by atoms with Gasteiger partial charge in [0.1, 0.15) is 6.61 Å². The minimum atomic E-state index is 0.379. The number of aromatic nitrogens is 4. The van der Waals surface area contributed by atoms with Crippen LogP contribution in [0.4, 0.5) is 5.95 Å². The van der Waals surface area contributed by atoms with Crippen LogP contribution in [0.25, 0.3) is 11.2 Å². The molecule has 0 amide bonds. The van der Waals surface area contributed by atoms with E-state index in [0.29, 0.717) is 37.7 Å². The van der Waals surface area contributed by atoms with Crippen molar-refractivity contribution in [3.8, 4) is 5.88 Å². The second kappa shape index (κ2) is 7.13. The fraction of sp³-hybridized carbons (Fsp3) is 0.421.